The van der Waals surface area contributed by atoms with Gasteiger partial charge in [0.1, 0.15) is 6.10 Å². The number of esters is 1. The summed E-state index contributed by atoms with van der Waals surface area (Å²) in [6.45, 7) is 5.93. The van der Waals surface area contributed by atoms with Gasteiger partial charge in [0.25, 0.3) is 0 Å². The molecule has 1 atom stereocenters. The molecule has 1 saturated heterocycles. The summed E-state index contributed by atoms with van der Waals surface area (Å²) in [5.41, 5.74) is 5.60. The summed E-state index contributed by atoms with van der Waals surface area (Å²) < 4.78 is 10.7. The fourth-order valence-corrected chi connectivity index (χ4v) is 1.91. The van der Waals surface area contributed by atoms with E-state index in [1.165, 1.54) is 0 Å². The quantitative estimate of drug-likeness (QED) is 0.722. The predicted molar refractivity (Wildman–Crippen MR) is 61.9 cm³/mol. The van der Waals surface area contributed by atoms with Gasteiger partial charge in [0, 0.05) is 19.4 Å². The highest BCUT2D eigenvalue weighted by atomic mass is 16.6. The highest BCUT2D eigenvalue weighted by Crippen LogP contribution is 2.16. The van der Waals surface area contributed by atoms with Gasteiger partial charge < -0.3 is 15.2 Å². The van der Waals surface area contributed by atoms with E-state index < -0.39 is 0 Å². The van der Waals surface area contributed by atoms with Gasteiger partial charge in [-0.3, -0.25) is 4.79 Å². The van der Waals surface area contributed by atoms with E-state index in [-0.39, 0.29) is 18.0 Å². The Bertz CT molecular complexity index is 212. The van der Waals surface area contributed by atoms with Crippen molar-refractivity contribution in [3.05, 3.63) is 0 Å². The van der Waals surface area contributed by atoms with Crippen LogP contribution in [0.1, 0.15) is 33.1 Å². The van der Waals surface area contributed by atoms with Gasteiger partial charge in [0.2, 0.25) is 0 Å². The molecule has 16 heavy (non-hydrogen) atoms. The second-order valence-corrected chi connectivity index (χ2v) is 4.81. The third-order valence-corrected chi connectivity index (χ3v) is 2.82. The van der Waals surface area contributed by atoms with Crippen LogP contribution in [-0.4, -0.2) is 31.8 Å². The molecule has 1 rings (SSSR count). The van der Waals surface area contributed by atoms with E-state index in [2.05, 4.69) is 13.8 Å². The summed E-state index contributed by atoms with van der Waals surface area (Å²) in [6.07, 6.45) is 2.45. The van der Waals surface area contributed by atoms with Crippen molar-refractivity contribution in [3.63, 3.8) is 0 Å². The minimum Gasteiger partial charge on any atom is -0.462 e. The maximum absolute atomic E-state index is 11.8. The number of carbonyl (C=O) groups is 1. The predicted octanol–water partition coefficient (Wildman–Crippen LogP) is 1.33. The molecule has 0 saturated carbocycles. The summed E-state index contributed by atoms with van der Waals surface area (Å²) in [6, 6.07) is 0. The molecule has 1 unspecified atom stereocenters. The zero-order chi connectivity index (χ0) is 12.0. The van der Waals surface area contributed by atoms with Gasteiger partial charge in [-0.2, -0.15) is 0 Å². The molecule has 94 valence electrons. The Hall–Kier alpha value is -0.610. The average Bonchev–Trinajstić information content (AvgIpc) is 2.26. The number of rotatable bonds is 5. The Morgan fingerprint density at radius 2 is 2.06 bits per heavy atom. The van der Waals surface area contributed by atoms with Crippen LogP contribution in [0.4, 0.5) is 0 Å². The zero-order valence-electron chi connectivity index (χ0n) is 10.3. The molecule has 0 aromatic carbocycles. The van der Waals surface area contributed by atoms with E-state index in [1.54, 1.807) is 0 Å². The lowest BCUT2D eigenvalue weighted by atomic mass is 9.97. The first kappa shape index (κ1) is 13.5. The molecular weight excluding hydrogens is 206 g/mol. The summed E-state index contributed by atoms with van der Waals surface area (Å²) >= 11 is 0. The van der Waals surface area contributed by atoms with Gasteiger partial charge in [-0.05, 0) is 12.3 Å². The zero-order valence-corrected chi connectivity index (χ0v) is 10.3. The Balaban J connectivity index is 2.35. The molecule has 0 radical (unpaired) electrons. The van der Waals surface area contributed by atoms with Gasteiger partial charge in [0.05, 0.1) is 19.1 Å². The molecule has 4 nitrogen and oxygen atoms in total. The van der Waals surface area contributed by atoms with Crippen LogP contribution in [-0.2, 0) is 14.3 Å². The van der Waals surface area contributed by atoms with Crippen molar-refractivity contribution in [1.29, 1.82) is 0 Å². The average molecular weight is 229 g/mol. The number of nitrogens with two attached hydrogens (primary N) is 1. The number of ether oxygens (including phenoxy) is 2. The fourth-order valence-electron chi connectivity index (χ4n) is 1.91. The van der Waals surface area contributed by atoms with Crippen molar-refractivity contribution in [2.24, 2.45) is 17.6 Å². The topological polar surface area (TPSA) is 61.6 Å². The molecular formula is C12H23NO3. The third kappa shape index (κ3) is 4.49. The lowest BCUT2D eigenvalue weighted by Gasteiger charge is -2.25. The molecule has 4 heteroatoms. The second kappa shape index (κ2) is 6.86. The molecule has 0 aliphatic carbocycles. The Kier molecular flexibility index (Phi) is 5.77. The van der Waals surface area contributed by atoms with E-state index in [0.29, 0.717) is 25.7 Å². The van der Waals surface area contributed by atoms with Crippen molar-refractivity contribution in [2.45, 2.75) is 39.2 Å². The van der Waals surface area contributed by atoms with E-state index in [4.69, 9.17) is 15.2 Å². The van der Waals surface area contributed by atoms with E-state index in [0.717, 1.165) is 19.3 Å². The first-order valence-electron chi connectivity index (χ1n) is 6.11. The highest BCUT2D eigenvalue weighted by molar-refractivity contribution is 5.72. The normalized spacial score (nSPS) is 19.8. The summed E-state index contributed by atoms with van der Waals surface area (Å²) in [4.78, 5) is 11.8. The first-order valence-corrected chi connectivity index (χ1v) is 6.11. The highest BCUT2D eigenvalue weighted by Gasteiger charge is 2.24. The molecule has 1 aliphatic heterocycles. The molecule has 1 aliphatic rings. The smallest absolute Gasteiger partial charge is 0.310 e. The van der Waals surface area contributed by atoms with E-state index in [1.807, 2.05) is 0 Å². The maximum atomic E-state index is 11.8. The van der Waals surface area contributed by atoms with Crippen molar-refractivity contribution in [3.8, 4) is 0 Å². The van der Waals surface area contributed by atoms with Crippen LogP contribution >= 0.6 is 0 Å². The van der Waals surface area contributed by atoms with E-state index >= 15 is 0 Å². The van der Waals surface area contributed by atoms with Crippen molar-refractivity contribution in [1.82, 2.24) is 0 Å². The molecule has 0 bridgehead atoms. The number of hydrogen-bond donors (Lipinski definition) is 1. The molecule has 1 fully saturated rings. The fraction of sp³-hybridized carbons (Fsp3) is 0.917. The lowest BCUT2D eigenvalue weighted by molar-refractivity contribution is -0.158. The second-order valence-electron chi connectivity index (χ2n) is 4.81. The first-order chi connectivity index (χ1) is 7.63. The monoisotopic (exact) mass is 229 g/mol. The standard InChI is InChI=1S/C12H23NO3/c1-9(2)7-10(8-13)12(14)16-11-3-5-15-6-4-11/h9-11H,3-8,13H2,1-2H3. The number of hydrogen-bond acceptors (Lipinski definition) is 4. The Morgan fingerprint density at radius 1 is 1.44 bits per heavy atom. The number of carbonyl (C=O) groups excluding carboxylic acids is 1. The Morgan fingerprint density at radius 3 is 2.56 bits per heavy atom. The summed E-state index contributed by atoms with van der Waals surface area (Å²) in [7, 11) is 0. The van der Waals surface area contributed by atoms with Gasteiger partial charge >= 0.3 is 5.97 Å². The van der Waals surface area contributed by atoms with Crippen LogP contribution in [0, 0.1) is 11.8 Å². The van der Waals surface area contributed by atoms with Gasteiger partial charge in [-0.1, -0.05) is 13.8 Å². The van der Waals surface area contributed by atoms with Crippen molar-refractivity contribution >= 4 is 5.97 Å². The lowest BCUT2D eigenvalue weighted by Crippen LogP contribution is -2.33. The van der Waals surface area contributed by atoms with Crippen LogP contribution in [0.5, 0.6) is 0 Å². The SMILES string of the molecule is CC(C)CC(CN)C(=O)OC1CCOCC1. The van der Waals surface area contributed by atoms with Gasteiger partial charge in [-0.15, -0.1) is 0 Å². The van der Waals surface area contributed by atoms with Gasteiger partial charge in [-0.25, -0.2) is 0 Å². The molecule has 0 aromatic heterocycles. The molecule has 0 spiro atoms. The van der Waals surface area contributed by atoms with E-state index in [9.17, 15) is 4.79 Å². The van der Waals surface area contributed by atoms with Crippen molar-refractivity contribution in [2.75, 3.05) is 19.8 Å². The van der Waals surface area contributed by atoms with Crippen LogP contribution in [0.25, 0.3) is 0 Å². The van der Waals surface area contributed by atoms with Crippen LogP contribution in [0.15, 0.2) is 0 Å². The van der Waals surface area contributed by atoms with Crippen LogP contribution in [0.3, 0.4) is 0 Å². The summed E-state index contributed by atoms with van der Waals surface area (Å²) in [5, 5.41) is 0. The minimum absolute atomic E-state index is 0.0301. The Labute approximate surface area is 97.5 Å². The largest absolute Gasteiger partial charge is 0.462 e. The van der Waals surface area contributed by atoms with Gasteiger partial charge in [0.15, 0.2) is 0 Å². The minimum atomic E-state index is -0.150. The maximum Gasteiger partial charge on any atom is 0.310 e. The van der Waals surface area contributed by atoms with Crippen molar-refractivity contribution < 1.29 is 14.3 Å². The van der Waals surface area contributed by atoms with Crippen LogP contribution in [0.2, 0.25) is 0 Å². The third-order valence-electron chi connectivity index (χ3n) is 2.82. The molecule has 0 amide bonds. The molecule has 1 heterocycles. The summed E-state index contributed by atoms with van der Waals surface area (Å²) in [5.74, 6) is 0.182. The molecule has 2 N–H and O–H groups in total. The van der Waals surface area contributed by atoms with Crippen LogP contribution < -0.4 is 5.73 Å². The molecule has 0 aromatic rings.